The Bertz CT molecular complexity index is 4220. The van der Waals surface area contributed by atoms with Crippen LogP contribution in [0.4, 0.5) is 0 Å². The minimum Gasteiger partial charge on any atom is -0.309 e. The van der Waals surface area contributed by atoms with E-state index in [1.807, 2.05) is 48.7 Å². The molecule has 13 aromatic rings. The Morgan fingerprint density at radius 1 is 0.304 bits per heavy atom. The molecule has 0 bridgehead atoms. The van der Waals surface area contributed by atoms with Crippen molar-refractivity contribution in [2.45, 2.75) is 10.8 Å². The minimum absolute atomic E-state index is 0.594. The first-order chi connectivity index (χ1) is 34.2. The molecule has 2 unspecified atom stereocenters. The van der Waals surface area contributed by atoms with Gasteiger partial charge in [-0.1, -0.05) is 188 Å². The Balaban J connectivity index is 1.02. The summed E-state index contributed by atoms with van der Waals surface area (Å²) in [5, 5.41) is 10.1. The lowest BCUT2D eigenvalue weighted by Crippen LogP contribution is -2.42. The van der Waals surface area contributed by atoms with Crippen molar-refractivity contribution in [2.75, 3.05) is 0 Å². The summed E-state index contributed by atoms with van der Waals surface area (Å²) >= 11 is 0. The maximum atomic E-state index is 5.29. The second-order valence-corrected chi connectivity index (χ2v) is 18.8. The fraction of sp³-hybridized carbons (Fsp3) is 0.0312. The van der Waals surface area contributed by atoms with E-state index in [1.54, 1.807) is 0 Å². The lowest BCUT2D eigenvalue weighted by atomic mass is 9.59. The standard InChI is InChI=1S/C64H37N5/c1-3-16-38(17-4-1)60-66-61(39-18-5-2-6-19-39)68-62(67-60)45-32-34-51-58-44(45)23-14-26-48(58)63-47-25-13-22-43-40(53-28-11-12-37-65-53)31-33-50(57(43)47)64(51,63)52-35-36-56(46-24-15-27-49(63)59(46)52)69-54-29-9-7-20-41(54)42-21-8-10-30-55(42)69/h1-37H. The Labute approximate surface area is 396 Å². The molecule has 5 nitrogen and oxygen atoms in total. The Morgan fingerprint density at radius 2 is 0.739 bits per heavy atom. The van der Waals surface area contributed by atoms with Gasteiger partial charge in [-0.15, -0.1) is 0 Å². The van der Waals surface area contributed by atoms with Crippen molar-refractivity contribution in [3.8, 4) is 51.1 Å². The number of para-hydroxylation sites is 2. The van der Waals surface area contributed by atoms with E-state index in [2.05, 4.69) is 180 Å². The smallest absolute Gasteiger partial charge is 0.164 e. The van der Waals surface area contributed by atoms with E-state index in [9.17, 15) is 0 Å². The highest BCUT2D eigenvalue weighted by Crippen LogP contribution is 2.76. The van der Waals surface area contributed by atoms with E-state index in [1.165, 1.54) is 87.8 Å². The van der Waals surface area contributed by atoms with Crippen molar-refractivity contribution < 1.29 is 0 Å². The van der Waals surface area contributed by atoms with Crippen LogP contribution in [0.1, 0.15) is 33.4 Å². The van der Waals surface area contributed by atoms with Crippen LogP contribution in [-0.4, -0.2) is 24.5 Å². The first-order valence-corrected chi connectivity index (χ1v) is 23.7. The molecular formula is C64H37N5. The molecule has 5 heteroatoms. The zero-order valence-electron chi connectivity index (χ0n) is 37.1. The van der Waals surface area contributed by atoms with Crippen LogP contribution < -0.4 is 0 Å². The van der Waals surface area contributed by atoms with E-state index in [-0.39, 0.29) is 0 Å². The molecule has 2 atom stereocenters. The average molecular weight is 876 g/mol. The van der Waals surface area contributed by atoms with Crippen molar-refractivity contribution in [2.24, 2.45) is 0 Å². The number of benzene rings is 10. The summed E-state index contributed by atoms with van der Waals surface area (Å²) < 4.78 is 2.49. The largest absolute Gasteiger partial charge is 0.309 e. The zero-order chi connectivity index (χ0) is 45.0. The van der Waals surface area contributed by atoms with Crippen LogP contribution in [0, 0.1) is 0 Å². The summed E-state index contributed by atoms with van der Waals surface area (Å²) in [7, 11) is 0. The van der Waals surface area contributed by atoms with Gasteiger partial charge in [0.25, 0.3) is 0 Å². The number of hydrogen-bond acceptors (Lipinski definition) is 4. The predicted molar refractivity (Wildman–Crippen MR) is 279 cm³/mol. The van der Waals surface area contributed by atoms with Crippen molar-refractivity contribution in [3.63, 3.8) is 0 Å². The molecule has 0 radical (unpaired) electrons. The van der Waals surface area contributed by atoms with Gasteiger partial charge < -0.3 is 4.57 Å². The van der Waals surface area contributed by atoms with E-state index in [4.69, 9.17) is 19.9 Å². The molecule has 69 heavy (non-hydrogen) atoms. The number of aromatic nitrogens is 5. The van der Waals surface area contributed by atoms with Gasteiger partial charge in [0.05, 0.1) is 33.2 Å². The summed E-state index contributed by atoms with van der Waals surface area (Å²) in [6, 6.07) is 79.8. The van der Waals surface area contributed by atoms with E-state index in [0.29, 0.717) is 17.5 Å². The summed E-state index contributed by atoms with van der Waals surface area (Å²) in [5.41, 5.74) is 15.4. The SMILES string of the molecule is c1ccc(-c2nc(-c3ccccc3)nc(-c3ccc4c5c(cccc35)C35c6cccc7c(-c8ccccn8)ccc(c67)C43c3ccc(-n4c6ccccc6c6ccccc64)c4cccc5c34)n2)cc1. The van der Waals surface area contributed by atoms with Crippen molar-refractivity contribution in [3.05, 3.63) is 258 Å². The second-order valence-electron chi connectivity index (χ2n) is 18.8. The summed E-state index contributed by atoms with van der Waals surface area (Å²) in [6.45, 7) is 0. The molecule has 318 valence electrons. The van der Waals surface area contributed by atoms with Crippen LogP contribution in [0.3, 0.4) is 0 Å². The van der Waals surface area contributed by atoms with Gasteiger partial charge in [0.15, 0.2) is 17.5 Å². The van der Waals surface area contributed by atoms with Gasteiger partial charge in [0.1, 0.15) is 0 Å². The molecule has 0 aliphatic heterocycles. The molecule has 16 rings (SSSR count). The summed E-state index contributed by atoms with van der Waals surface area (Å²) in [5.74, 6) is 1.96. The number of hydrogen-bond donors (Lipinski definition) is 0. The Kier molecular flexibility index (Phi) is 7.15. The maximum Gasteiger partial charge on any atom is 0.164 e. The van der Waals surface area contributed by atoms with Crippen LogP contribution in [0.15, 0.2) is 225 Å². The average Bonchev–Trinajstić information content (AvgIpc) is 4.08. The molecule has 0 saturated heterocycles. The normalized spacial score (nSPS) is 17.1. The summed E-state index contributed by atoms with van der Waals surface area (Å²) in [4.78, 5) is 20.6. The molecular weight excluding hydrogens is 839 g/mol. The van der Waals surface area contributed by atoms with E-state index < -0.39 is 10.8 Å². The Hall–Kier alpha value is -9.06. The van der Waals surface area contributed by atoms with Crippen LogP contribution >= 0.6 is 0 Å². The van der Waals surface area contributed by atoms with Gasteiger partial charge in [0.2, 0.25) is 0 Å². The molecule has 3 aromatic heterocycles. The third-order valence-electron chi connectivity index (χ3n) is 15.8. The first kappa shape index (κ1) is 37.1. The molecule has 3 heterocycles. The quantitative estimate of drug-likeness (QED) is 0.173. The van der Waals surface area contributed by atoms with Crippen molar-refractivity contribution in [1.82, 2.24) is 24.5 Å². The second kappa shape index (κ2) is 13.3. The number of rotatable bonds is 5. The van der Waals surface area contributed by atoms with Crippen molar-refractivity contribution in [1.29, 1.82) is 0 Å². The predicted octanol–water partition coefficient (Wildman–Crippen LogP) is 14.8. The van der Waals surface area contributed by atoms with Crippen LogP contribution in [0.5, 0.6) is 0 Å². The monoisotopic (exact) mass is 875 g/mol. The Morgan fingerprint density at radius 3 is 1.30 bits per heavy atom. The van der Waals surface area contributed by atoms with Gasteiger partial charge in [-0.25, -0.2) is 15.0 Å². The third-order valence-corrected chi connectivity index (χ3v) is 15.8. The first-order valence-electron chi connectivity index (χ1n) is 23.7. The fourth-order valence-electron chi connectivity index (χ4n) is 13.4. The maximum absolute atomic E-state index is 5.29. The van der Waals surface area contributed by atoms with Crippen molar-refractivity contribution >= 4 is 54.1 Å². The van der Waals surface area contributed by atoms with E-state index >= 15 is 0 Å². The number of nitrogens with zero attached hydrogens (tertiary/aromatic N) is 5. The highest BCUT2D eigenvalue weighted by molar-refractivity contribution is 6.18. The van der Waals surface area contributed by atoms with Crippen LogP contribution in [0.2, 0.25) is 0 Å². The molecule has 0 saturated carbocycles. The summed E-state index contributed by atoms with van der Waals surface area (Å²) in [6.07, 6.45) is 1.90. The van der Waals surface area contributed by atoms with Gasteiger partial charge in [0, 0.05) is 44.6 Å². The molecule has 0 spiro atoms. The van der Waals surface area contributed by atoms with Gasteiger partial charge in [-0.2, -0.15) is 0 Å². The van der Waals surface area contributed by atoms with Crippen LogP contribution in [0.25, 0.3) is 105 Å². The number of fused-ring (bicyclic) bond motifs is 3. The highest BCUT2D eigenvalue weighted by atomic mass is 15.0. The van der Waals surface area contributed by atoms with Gasteiger partial charge >= 0.3 is 0 Å². The molecule has 0 fully saturated rings. The van der Waals surface area contributed by atoms with Gasteiger partial charge in [-0.3, -0.25) is 4.98 Å². The minimum atomic E-state index is -0.594. The molecule has 0 N–H and O–H groups in total. The molecule has 0 amide bonds. The lowest BCUT2D eigenvalue weighted by molar-refractivity contribution is 0.492. The third kappa shape index (κ3) is 4.46. The zero-order valence-corrected chi connectivity index (χ0v) is 37.1. The topological polar surface area (TPSA) is 56.5 Å². The van der Waals surface area contributed by atoms with E-state index in [0.717, 1.165) is 33.3 Å². The van der Waals surface area contributed by atoms with Gasteiger partial charge in [-0.05, 0) is 90.6 Å². The molecule has 3 aliphatic carbocycles. The number of pyridine rings is 1. The molecule has 3 aliphatic rings. The lowest BCUT2D eigenvalue weighted by Gasteiger charge is -2.40. The molecule has 10 aromatic carbocycles. The highest BCUT2D eigenvalue weighted by Gasteiger charge is 2.70. The van der Waals surface area contributed by atoms with Crippen LogP contribution in [-0.2, 0) is 10.8 Å². The fourth-order valence-corrected chi connectivity index (χ4v) is 13.4.